The summed E-state index contributed by atoms with van der Waals surface area (Å²) in [6.07, 6.45) is 0. The highest BCUT2D eigenvalue weighted by molar-refractivity contribution is 9.10. The normalized spacial score (nSPS) is 12.1. The van der Waals surface area contributed by atoms with Crippen LogP contribution in [0.3, 0.4) is 0 Å². The van der Waals surface area contributed by atoms with Crippen molar-refractivity contribution in [2.45, 2.75) is 32.9 Å². The maximum Gasteiger partial charge on any atom is 0.0739 e. The Bertz CT molecular complexity index is 360. The van der Waals surface area contributed by atoms with Crippen molar-refractivity contribution in [3.05, 3.63) is 15.9 Å². The van der Waals surface area contributed by atoms with E-state index in [1.165, 1.54) is 0 Å². The van der Waals surface area contributed by atoms with Gasteiger partial charge in [-0.2, -0.15) is 5.10 Å². The first kappa shape index (κ1) is 13.7. The summed E-state index contributed by atoms with van der Waals surface area (Å²) in [5.41, 5.74) is 2.14. The highest BCUT2D eigenvalue weighted by atomic mass is 79.9. The Hall–Kier alpha value is -0.390. The molecule has 0 unspecified atom stereocenters. The van der Waals surface area contributed by atoms with Crippen LogP contribution in [0.25, 0.3) is 0 Å². The summed E-state index contributed by atoms with van der Waals surface area (Å²) >= 11 is 3.55. The Morgan fingerprint density at radius 3 is 2.56 bits per heavy atom. The van der Waals surface area contributed by atoms with E-state index in [0.717, 1.165) is 22.4 Å². The maximum absolute atomic E-state index is 5.16. The van der Waals surface area contributed by atoms with Gasteiger partial charge >= 0.3 is 0 Å². The summed E-state index contributed by atoms with van der Waals surface area (Å²) < 4.78 is 8.14. The Morgan fingerprint density at radius 2 is 2.12 bits per heavy atom. The summed E-state index contributed by atoms with van der Waals surface area (Å²) in [4.78, 5) is 0. The van der Waals surface area contributed by atoms with E-state index >= 15 is 0 Å². The topological polar surface area (TPSA) is 39.1 Å². The van der Waals surface area contributed by atoms with Crippen LogP contribution in [0, 0.1) is 6.92 Å². The third-order valence-corrected chi connectivity index (χ3v) is 3.53. The molecule has 1 heterocycles. The molecule has 0 saturated heterocycles. The van der Waals surface area contributed by atoms with E-state index < -0.39 is 0 Å². The van der Waals surface area contributed by atoms with Crippen LogP contribution in [-0.4, -0.2) is 29.0 Å². The highest BCUT2D eigenvalue weighted by Crippen LogP contribution is 2.20. The molecule has 0 aromatic carbocycles. The van der Waals surface area contributed by atoms with Crippen molar-refractivity contribution >= 4 is 15.9 Å². The van der Waals surface area contributed by atoms with E-state index in [4.69, 9.17) is 4.74 Å². The monoisotopic (exact) mass is 289 g/mol. The second kappa shape index (κ2) is 5.29. The van der Waals surface area contributed by atoms with Crippen LogP contribution in [0.5, 0.6) is 0 Å². The van der Waals surface area contributed by atoms with Gasteiger partial charge in [-0.3, -0.25) is 4.68 Å². The standard InChI is InChI=1S/C11H20BrN3O/c1-8-10(12)9(15(4)14-8)6-13-11(2,3)7-16-5/h13H,6-7H2,1-5H3. The zero-order valence-corrected chi connectivity index (χ0v) is 12.2. The smallest absolute Gasteiger partial charge is 0.0739 e. The maximum atomic E-state index is 5.16. The number of halogens is 1. The van der Waals surface area contributed by atoms with Crippen molar-refractivity contribution in [2.24, 2.45) is 7.05 Å². The zero-order valence-electron chi connectivity index (χ0n) is 10.6. The molecule has 0 radical (unpaired) electrons. The molecule has 0 aliphatic rings. The number of rotatable bonds is 5. The molecule has 0 atom stereocenters. The first-order chi connectivity index (χ1) is 7.37. The number of hydrogen-bond acceptors (Lipinski definition) is 3. The van der Waals surface area contributed by atoms with Crippen molar-refractivity contribution in [3.63, 3.8) is 0 Å². The molecule has 5 heteroatoms. The highest BCUT2D eigenvalue weighted by Gasteiger charge is 2.18. The van der Waals surface area contributed by atoms with Crippen molar-refractivity contribution in [1.29, 1.82) is 0 Å². The molecule has 0 aliphatic carbocycles. The first-order valence-corrected chi connectivity index (χ1v) is 6.08. The van der Waals surface area contributed by atoms with Crippen LogP contribution in [-0.2, 0) is 18.3 Å². The lowest BCUT2D eigenvalue weighted by atomic mass is 10.1. The molecule has 4 nitrogen and oxygen atoms in total. The summed E-state index contributed by atoms with van der Waals surface area (Å²) in [6, 6.07) is 0. The molecule has 0 bridgehead atoms. The van der Waals surface area contributed by atoms with Crippen LogP contribution in [0.2, 0.25) is 0 Å². The lowest BCUT2D eigenvalue weighted by Gasteiger charge is -2.25. The first-order valence-electron chi connectivity index (χ1n) is 5.29. The van der Waals surface area contributed by atoms with E-state index in [1.807, 2.05) is 18.7 Å². The minimum Gasteiger partial charge on any atom is -0.383 e. The molecule has 92 valence electrons. The predicted molar refractivity (Wildman–Crippen MR) is 68.4 cm³/mol. The Balaban J connectivity index is 2.67. The largest absolute Gasteiger partial charge is 0.383 e. The van der Waals surface area contributed by atoms with E-state index in [-0.39, 0.29) is 5.54 Å². The summed E-state index contributed by atoms with van der Waals surface area (Å²) in [7, 11) is 3.67. The van der Waals surface area contributed by atoms with E-state index in [9.17, 15) is 0 Å². The fraction of sp³-hybridized carbons (Fsp3) is 0.727. The molecule has 0 saturated carbocycles. The minimum atomic E-state index is -0.0354. The van der Waals surface area contributed by atoms with Crippen molar-refractivity contribution < 1.29 is 4.74 Å². The van der Waals surface area contributed by atoms with Gasteiger partial charge in [-0.05, 0) is 36.7 Å². The van der Waals surface area contributed by atoms with Crippen molar-refractivity contribution in [3.8, 4) is 0 Å². The van der Waals surface area contributed by atoms with Crippen LogP contribution < -0.4 is 5.32 Å². The Morgan fingerprint density at radius 1 is 1.50 bits per heavy atom. The Labute approximate surface area is 105 Å². The molecular weight excluding hydrogens is 270 g/mol. The number of nitrogens with one attached hydrogen (secondary N) is 1. The van der Waals surface area contributed by atoms with Gasteiger partial charge in [0.1, 0.15) is 0 Å². The minimum absolute atomic E-state index is 0.0354. The van der Waals surface area contributed by atoms with Crippen molar-refractivity contribution in [2.75, 3.05) is 13.7 Å². The fourth-order valence-corrected chi connectivity index (χ4v) is 2.08. The molecule has 0 spiro atoms. The van der Waals surface area contributed by atoms with Gasteiger partial charge in [-0.15, -0.1) is 0 Å². The van der Waals surface area contributed by atoms with Gasteiger partial charge in [-0.25, -0.2) is 0 Å². The third kappa shape index (κ3) is 3.30. The fourth-order valence-electron chi connectivity index (χ4n) is 1.61. The van der Waals surface area contributed by atoms with Gasteiger partial charge in [0.05, 0.1) is 22.5 Å². The molecule has 0 amide bonds. The average Bonchev–Trinajstić information content (AvgIpc) is 2.39. The molecule has 1 rings (SSSR count). The van der Waals surface area contributed by atoms with Gasteiger partial charge in [0.2, 0.25) is 0 Å². The Kier molecular flexibility index (Phi) is 4.52. The van der Waals surface area contributed by atoms with Crippen LogP contribution >= 0.6 is 15.9 Å². The van der Waals surface area contributed by atoms with Crippen LogP contribution in [0.1, 0.15) is 25.2 Å². The quantitative estimate of drug-likeness (QED) is 0.901. The number of aryl methyl sites for hydroxylation is 2. The predicted octanol–water partition coefficient (Wildman–Crippen LogP) is 2.01. The van der Waals surface area contributed by atoms with Crippen LogP contribution in [0.4, 0.5) is 0 Å². The average molecular weight is 290 g/mol. The number of hydrogen-bond donors (Lipinski definition) is 1. The lowest BCUT2D eigenvalue weighted by molar-refractivity contribution is 0.127. The number of methoxy groups -OCH3 is 1. The molecule has 0 aliphatic heterocycles. The SMILES string of the molecule is COCC(C)(C)NCc1c(Br)c(C)nn1C. The van der Waals surface area contributed by atoms with Gasteiger partial charge in [0.15, 0.2) is 0 Å². The molecule has 1 aromatic rings. The number of ether oxygens (including phenoxy) is 1. The van der Waals surface area contributed by atoms with E-state index in [2.05, 4.69) is 40.2 Å². The summed E-state index contributed by atoms with van der Waals surface area (Å²) in [5, 5.41) is 7.81. The molecule has 1 N–H and O–H groups in total. The van der Waals surface area contributed by atoms with Crippen LogP contribution in [0.15, 0.2) is 4.47 Å². The molecule has 0 fully saturated rings. The number of nitrogens with zero attached hydrogens (tertiary/aromatic N) is 2. The molecular formula is C11H20BrN3O. The van der Waals surface area contributed by atoms with Crippen molar-refractivity contribution in [1.82, 2.24) is 15.1 Å². The van der Waals surface area contributed by atoms with Gasteiger partial charge in [0, 0.05) is 26.2 Å². The second-order valence-corrected chi connectivity index (χ2v) is 5.43. The zero-order chi connectivity index (χ0) is 12.3. The van der Waals surface area contributed by atoms with Gasteiger partial charge in [0.25, 0.3) is 0 Å². The third-order valence-electron chi connectivity index (χ3n) is 2.50. The van der Waals surface area contributed by atoms with E-state index in [0.29, 0.717) is 6.61 Å². The van der Waals surface area contributed by atoms with E-state index in [1.54, 1.807) is 7.11 Å². The van der Waals surface area contributed by atoms with Gasteiger partial charge in [-0.1, -0.05) is 0 Å². The second-order valence-electron chi connectivity index (χ2n) is 4.64. The van der Waals surface area contributed by atoms with Gasteiger partial charge < -0.3 is 10.1 Å². The molecule has 1 aromatic heterocycles. The lowest BCUT2D eigenvalue weighted by Crippen LogP contribution is -2.43. The summed E-state index contributed by atoms with van der Waals surface area (Å²) in [5.74, 6) is 0. The summed E-state index contributed by atoms with van der Waals surface area (Å²) in [6.45, 7) is 7.69. The molecule has 16 heavy (non-hydrogen) atoms. The number of aromatic nitrogens is 2.